The number of carbonyl (C=O) groups excluding carboxylic acids is 1. The molecule has 0 aliphatic carbocycles. The fraction of sp³-hybridized carbons (Fsp3) is 0.278. The number of esters is 1. The van der Waals surface area contributed by atoms with Crippen LogP contribution in [0, 0.1) is 23.8 Å². The van der Waals surface area contributed by atoms with E-state index in [0.717, 1.165) is 11.1 Å². The molecule has 2 aromatic rings. The van der Waals surface area contributed by atoms with Crippen molar-refractivity contribution in [3.05, 3.63) is 71.3 Å². The summed E-state index contributed by atoms with van der Waals surface area (Å²) in [5.74, 6) is -0.469. The Bertz CT molecular complexity index is 980. The predicted molar refractivity (Wildman–Crippen MR) is 109 cm³/mol. The number of carbonyl (C=O) groups is 1. The molecule has 0 saturated heterocycles. The molecular formula is C18H16IN3O6. The minimum atomic E-state index is -1.14. The molecule has 0 fully saturated rings. The molecule has 0 saturated carbocycles. The summed E-state index contributed by atoms with van der Waals surface area (Å²) in [6.07, 6.45) is 0.525. The molecule has 1 unspecified atom stereocenters. The Morgan fingerprint density at radius 2 is 1.82 bits per heavy atom. The number of non-ortho nitro benzene ring substituents is 2. The summed E-state index contributed by atoms with van der Waals surface area (Å²) >= 11 is 2.00. The van der Waals surface area contributed by atoms with E-state index in [0.29, 0.717) is 15.7 Å². The average molecular weight is 497 g/mol. The van der Waals surface area contributed by atoms with E-state index in [9.17, 15) is 25.0 Å². The van der Waals surface area contributed by atoms with Gasteiger partial charge in [-0.15, -0.1) is 0 Å². The van der Waals surface area contributed by atoms with Gasteiger partial charge in [-0.1, -0.05) is 12.1 Å². The predicted octanol–water partition coefficient (Wildman–Crippen LogP) is 3.62. The molecule has 146 valence electrons. The number of halogens is 1. The Labute approximate surface area is 173 Å². The fourth-order valence-corrected chi connectivity index (χ4v) is 3.95. The van der Waals surface area contributed by atoms with Gasteiger partial charge in [-0.3, -0.25) is 20.2 Å². The first kappa shape index (κ1) is 20.0. The van der Waals surface area contributed by atoms with Gasteiger partial charge < -0.3 is 10.1 Å². The molecule has 1 N–H and O–H groups in total. The van der Waals surface area contributed by atoms with Crippen LogP contribution in [0.25, 0.3) is 0 Å². The maximum atomic E-state index is 12.8. The summed E-state index contributed by atoms with van der Waals surface area (Å²) in [6.45, 7) is 1.89. The molecule has 3 rings (SSSR count). The van der Waals surface area contributed by atoms with Crippen LogP contribution in [0.4, 0.5) is 17.1 Å². The quantitative estimate of drug-likeness (QED) is 0.280. The first-order valence-electron chi connectivity index (χ1n) is 8.41. The third kappa shape index (κ3) is 3.77. The molecule has 1 atom stereocenters. The lowest BCUT2D eigenvalue weighted by molar-refractivity contribution is -0.385. The minimum Gasteiger partial charge on any atom is -0.464 e. The smallest absolute Gasteiger partial charge is 0.332 e. The number of hydrogen-bond donors (Lipinski definition) is 1. The second-order valence-corrected chi connectivity index (χ2v) is 7.57. The molecule has 9 nitrogen and oxygen atoms in total. The lowest BCUT2D eigenvalue weighted by Crippen LogP contribution is -2.48. The van der Waals surface area contributed by atoms with E-state index < -0.39 is 21.4 Å². The lowest BCUT2D eigenvalue weighted by atomic mass is 9.87. The van der Waals surface area contributed by atoms with Crippen molar-refractivity contribution in [2.45, 2.75) is 25.3 Å². The minimum absolute atomic E-state index is 0.0309. The van der Waals surface area contributed by atoms with Crippen LogP contribution in [0.1, 0.15) is 18.1 Å². The number of anilines is 1. The van der Waals surface area contributed by atoms with Crippen LogP contribution in [0.5, 0.6) is 0 Å². The zero-order valence-corrected chi connectivity index (χ0v) is 17.0. The van der Waals surface area contributed by atoms with E-state index in [2.05, 4.69) is 5.32 Å². The first-order valence-corrected chi connectivity index (χ1v) is 9.49. The lowest BCUT2D eigenvalue weighted by Gasteiger charge is -2.28. The zero-order chi connectivity index (χ0) is 20.5. The third-order valence-electron chi connectivity index (χ3n) is 4.58. The van der Waals surface area contributed by atoms with Crippen LogP contribution in [0.2, 0.25) is 0 Å². The molecule has 1 heterocycles. The van der Waals surface area contributed by atoms with Gasteiger partial charge in [0.1, 0.15) is 5.54 Å². The number of rotatable bonds is 6. The monoisotopic (exact) mass is 497 g/mol. The highest BCUT2D eigenvalue weighted by Crippen LogP contribution is 2.38. The van der Waals surface area contributed by atoms with E-state index in [1.54, 1.807) is 19.1 Å². The summed E-state index contributed by atoms with van der Waals surface area (Å²) in [5, 5.41) is 25.1. The largest absolute Gasteiger partial charge is 0.464 e. The number of nitro benzene ring substituents is 2. The van der Waals surface area contributed by atoms with Gasteiger partial charge in [-0.05, 0) is 40.6 Å². The van der Waals surface area contributed by atoms with Crippen molar-refractivity contribution in [2.75, 3.05) is 11.9 Å². The van der Waals surface area contributed by atoms with Gasteiger partial charge in [-0.25, -0.2) is 4.79 Å². The number of ether oxygens (including phenoxy) is 1. The van der Waals surface area contributed by atoms with Crippen LogP contribution < -0.4 is 5.32 Å². The number of nitrogens with zero attached hydrogens (tertiary/aromatic N) is 2. The molecule has 0 bridgehead atoms. The summed E-state index contributed by atoms with van der Waals surface area (Å²) in [4.78, 5) is 33.9. The summed E-state index contributed by atoms with van der Waals surface area (Å²) in [7, 11) is 0. The number of hydrogen-bond acceptors (Lipinski definition) is 7. The van der Waals surface area contributed by atoms with Gasteiger partial charge in [0, 0.05) is 46.4 Å². The Balaban J connectivity index is 1.98. The van der Waals surface area contributed by atoms with E-state index in [1.807, 2.05) is 22.6 Å². The van der Waals surface area contributed by atoms with Crippen LogP contribution >= 0.6 is 22.6 Å². The van der Waals surface area contributed by atoms with Crippen molar-refractivity contribution in [3.63, 3.8) is 0 Å². The van der Waals surface area contributed by atoms with Crippen LogP contribution in [-0.4, -0.2) is 28.0 Å². The van der Waals surface area contributed by atoms with Crippen LogP contribution in [-0.2, 0) is 22.4 Å². The third-order valence-corrected chi connectivity index (χ3v) is 5.58. The molecule has 0 aromatic heterocycles. The standard InChI is InChI=1S/C18H16IN3O6/c1-2-28-17(23)18(9-11-3-5-13(21(24)25)7-15(11)19)10-12-4-6-14(22(26)27)8-16(12)20-18/h3-8,20H,2,9-10H2,1H3. The van der Waals surface area contributed by atoms with Gasteiger partial charge in [-0.2, -0.15) is 0 Å². The highest BCUT2D eigenvalue weighted by Gasteiger charge is 2.46. The number of nitro groups is 2. The molecule has 1 aliphatic rings. The molecule has 0 spiro atoms. The fourth-order valence-electron chi connectivity index (χ4n) is 3.27. The van der Waals surface area contributed by atoms with Gasteiger partial charge in [0.25, 0.3) is 11.4 Å². The highest BCUT2D eigenvalue weighted by molar-refractivity contribution is 14.1. The zero-order valence-electron chi connectivity index (χ0n) is 14.8. The van der Waals surface area contributed by atoms with Gasteiger partial charge in [0.15, 0.2) is 0 Å². The van der Waals surface area contributed by atoms with E-state index in [-0.39, 0.29) is 24.4 Å². The number of benzene rings is 2. The summed E-state index contributed by atoms with van der Waals surface area (Å²) < 4.78 is 5.92. The molecule has 10 heteroatoms. The molecule has 0 radical (unpaired) electrons. The summed E-state index contributed by atoms with van der Waals surface area (Å²) in [5.41, 5.74) is 0.792. The molecule has 1 aliphatic heterocycles. The SMILES string of the molecule is CCOC(=O)C1(Cc2ccc([N+](=O)[O-])cc2I)Cc2ccc([N+](=O)[O-])cc2N1. The van der Waals surface area contributed by atoms with Crippen molar-refractivity contribution in [3.8, 4) is 0 Å². The van der Waals surface area contributed by atoms with Gasteiger partial charge in [0.2, 0.25) is 0 Å². The normalized spacial score (nSPS) is 17.5. The first-order chi connectivity index (χ1) is 13.3. The van der Waals surface area contributed by atoms with Crippen molar-refractivity contribution in [1.29, 1.82) is 0 Å². The van der Waals surface area contributed by atoms with Crippen molar-refractivity contribution in [2.24, 2.45) is 0 Å². The Morgan fingerprint density at radius 3 is 2.43 bits per heavy atom. The maximum Gasteiger partial charge on any atom is 0.332 e. The Hall–Kier alpha value is -2.76. The second kappa shape index (κ2) is 7.70. The number of nitrogens with one attached hydrogen (secondary N) is 1. The second-order valence-electron chi connectivity index (χ2n) is 6.41. The van der Waals surface area contributed by atoms with Crippen molar-refractivity contribution < 1.29 is 19.4 Å². The van der Waals surface area contributed by atoms with Gasteiger partial charge in [0.05, 0.1) is 16.5 Å². The van der Waals surface area contributed by atoms with E-state index >= 15 is 0 Å². The number of fused-ring (bicyclic) bond motifs is 1. The van der Waals surface area contributed by atoms with Crippen LogP contribution in [0.15, 0.2) is 36.4 Å². The van der Waals surface area contributed by atoms with Crippen LogP contribution in [0.3, 0.4) is 0 Å². The molecular weight excluding hydrogens is 481 g/mol. The molecule has 28 heavy (non-hydrogen) atoms. The Kier molecular flexibility index (Phi) is 5.49. The maximum absolute atomic E-state index is 12.8. The molecule has 0 amide bonds. The highest BCUT2D eigenvalue weighted by atomic mass is 127. The van der Waals surface area contributed by atoms with E-state index in [4.69, 9.17) is 4.74 Å². The molecule has 2 aromatic carbocycles. The average Bonchev–Trinajstić information content (AvgIpc) is 3.02. The van der Waals surface area contributed by atoms with E-state index in [1.165, 1.54) is 24.3 Å². The summed E-state index contributed by atoms with van der Waals surface area (Å²) in [6, 6.07) is 8.88. The van der Waals surface area contributed by atoms with Crippen molar-refractivity contribution >= 4 is 45.6 Å². The van der Waals surface area contributed by atoms with Crippen molar-refractivity contribution in [1.82, 2.24) is 0 Å². The van der Waals surface area contributed by atoms with Gasteiger partial charge >= 0.3 is 5.97 Å². The Morgan fingerprint density at radius 1 is 1.18 bits per heavy atom. The topological polar surface area (TPSA) is 125 Å².